The van der Waals surface area contributed by atoms with Gasteiger partial charge in [-0.1, -0.05) is 54.7 Å². The van der Waals surface area contributed by atoms with Gasteiger partial charge in [-0.25, -0.2) is 0 Å². The molecule has 0 aromatic heterocycles. The van der Waals surface area contributed by atoms with Crippen LogP contribution in [0.15, 0.2) is 30.3 Å². The maximum absolute atomic E-state index is 8.80. The first kappa shape index (κ1) is 10.5. The summed E-state index contributed by atoms with van der Waals surface area (Å²) in [5.41, 5.74) is 0. The summed E-state index contributed by atoms with van der Waals surface area (Å²) in [6.45, 7) is 5.04. The van der Waals surface area contributed by atoms with E-state index in [4.69, 9.17) is 5.11 Å². The first-order valence-corrected chi connectivity index (χ1v) is 8.04. The van der Waals surface area contributed by atoms with Crippen molar-refractivity contribution >= 4 is 13.3 Å². The second kappa shape index (κ2) is 4.58. The van der Waals surface area contributed by atoms with E-state index in [0.29, 0.717) is 6.61 Å². The van der Waals surface area contributed by atoms with Crippen molar-refractivity contribution < 1.29 is 5.11 Å². The number of aliphatic hydroxyl groups is 1. The second-order valence-electron chi connectivity index (χ2n) is 4.08. The molecule has 1 nitrogen and oxygen atoms in total. The fraction of sp³-hybridized carbons (Fsp3) is 0.455. The van der Waals surface area contributed by atoms with Gasteiger partial charge >= 0.3 is 0 Å². The molecular formula is C11H18OSi. The fourth-order valence-corrected chi connectivity index (χ4v) is 3.98. The van der Waals surface area contributed by atoms with E-state index in [0.717, 1.165) is 6.42 Å². The Labute approximate surface area is 81.4 Å². The number of aliphatic hydroxyl groups excluding tert-OH is 1. The molecule has 0 heterocycles. The highest BCUT2D eigenvalue weighted by Crippen LogP contribution is 2.11. The van der Waals surface area contributed by atoms with Gasteiger partial charge in [0.05, 0.1) is 8.07 Å². The van der Waals surface area contributed by atoms with Gasteiger partial charge in [-0.3, -0.25) is 0 Å². The van der Waals surface area contributed by atoms with Crippen LogP contribution in [0.1, 0.15) is 6.42 Å². The Morgan fingerprint density at radius 3 is 2.31 bits per heavy atom. The lowest BCUT2D eigenvalue weighted by Crippen LogP contribution is -2.41. The van der Waals surface area contributed by atoms with Crippen LogP contribution in [0.2, 0.25) is 19.1 Å². The summed E-state index contributed by atoms with van der Waals surface area (Å²) in [7, 11) is -1.26. The summed E-state index contributed by atoms with van der Waals surface area (Å²) >= 11 is 0. The fourth-order valence-electron chi connectivity index (χ4n) is 1.55. The minimum absolute atomic E-state index is 0.323. The predicted molar refractivity (Wildman–Crippen MR) is 60.1 cm³/mol. The van der Waals surface area contributed by atoms with E-state index in [1.54, 1.807) is 0 Å². The standard InChI is InChI=1S/C11H18OSi/c1-13(2,10-6-9-12)11-7-4-3-5-8-11/h3-5,7-8,12H,6,9-10H2,1-2H3. The van der Waals surface area contributed by atoms with Crippen LogP contribution in [0.3, 0.4) is 0 Å². The quantitative estimate of drug-likeness (QED) is 0.727. The zero-order valence-corrected chi connectivity index (χ0v) is 9.46. The molecule has 0 saturated carbocycles. The average molecular weight is 194 g/mol. The Balaban J connectivity index is 2.69. The molecule has 0 aliphatic heterocycles. The number of rotatable bonds is 4. The van der Waals surface area contributed by atoms with Crippen LogP contribution in [0.5, 0.6) is 0 Å². The summed E-state index contributed by atoms with van der Waals surface area (Å²) in [6, 6.07) is 11.9. The van der Waals surface area contributed by atoms with Gasteiger partial charge < -0.3 is 5.11 Å². The van der Waals surface area contributed by atoms with Crippen molar-refractivity contribution in [2.75, 3.05) is 6.61 Å². The van der Waals surface area contributed by atoms with Crippen LogP contribution in [-0.4, -0.2) is 19.8 Å². The van der Waals surface area contributed by atoms with Crippen LogP contribution in [0.25, 0.3) is 0 Å². The van der Waals surface area contributed by atoms with Crippen molar-refractivity contribution in [2.45, 2.75) is 25.6 Å². The lowest BCUT2D eigenvalue weighted by Gasteiger charge is -2.22. The van der Waals surface area contributed by atoms with E-state index in [9.17, 15) is 0 Å². The number of hydrogen-bond donors (Lipinski definition) is 1. The summed E-state index contributed by atoms with van der Waals surface area (Å²) < 4.78 is 0. The Bertz CT molecular complexity index is 244. The van der Waals surface area contributed by atoms with Gasteiger partial charge in [-0.15, -0.1) is 0 Å². The van der Waals surface area contributed by atoms with E-state index >= 15 is 0 Å². The minimum Gasteiger partial charge on any atom is -0.396 e. The Morgan fingerprint density at radius 1 is 1.15 bits per heavy atom. The zero-order valence-electron chi connectivity index (χ0n) is 8.46. The topological polar surface area (TPSA) is 20.2 Å². The summed E-state index contributed by atoms with van der Waals surface area (Å²) in [6.07, 6.45) is 0.939. The van der Waals surface area contributed by atoms with Gasteiger partial charge in [0.25, 0.3) is 0 Å². The normalized spacial score (nSPS) is 11.6. The molecule has 1 N–H and O–H groups in total. The molecule has 72 valence electrons. The van der Waals surface area contributed by atoms with Gasteiger partial charge in [0.1, 0.15) is 0 Å². The monoisotopic (exact) mass is 194 g/mol. The van der Waals surface area contributed by atoms with E-state index in [-0.39, 0.29) is 0 Å². The Kier molecular flexibility index (Phi) is 3.69. The molecule has 0 atom stereocenters. The van der Waals surface area contributed by atoms with Gasteiger partial charge in [0.15, 0.2) is 0 Å². The van der Waals surface area contributed by atoms with Crippen molar-refractivity contribution in [2.24, 2.45) is 0 Å². The van der Waals surface area contributed by atoms with Crippen molar-refractivity contribution in [3.8, 4) is 0 Å². The number of hydrogen-bond acceptors (Lipinski definition) is 1. The smallest absolute Gasteiger partial charge is 0.0807 e. The first-order valence-electron chi connectivity index (χ1n) is 4.83. The Morgan fingerprint density at radius 2 is 1.77 bits per heavy atom. The minimum atomic E-state index is -1.26. The molecule has 1 rings (SSSR count). The molecule has 0 amide bonds. The summed E-state index contributed by atoms with van der Waals surface area (Å²) in [5, 5.41) is 10.3. The average Bonchev–Trinajstić information content (AvgIpc) is 2.16. The van der Waals surface area contributed by atoms with Gasteiger partial charge in [-0.2, -0.15) is 0 Å². The SMILES string of the molecule is C[Si](C)(CCCO)c1ccccc1. The molecule has 0 saturated heterocycles. The van der Waals surface area contributed by atoms with Gasteiger partial charge in [0, 0.05) is 6.61 Å². The molecule has 0 unspecified atom stereocenters. The zero-order chi connectivity index (χ0) is 9.73. The molecule has 2 heteroatoms. The summed E-state index contributed by atoms with van der Waals surface area (Å²) in [4.78, 5) is 0. The molecule has 0 aliphatic rings. The third-order valence-electron chi connectivity index (χ3n) is 2.52. The summed E-state index contributed by atoms with van der Waals surface area (Å²) in [5.74, 6) is 0. The largest absolute Gasteiger partial charge is 0.396 e. The van der Waals surface area contributed by atoms with Crippen LogP contribution in [0, 0.1) is 0 Å². The molecule has 1 aromatic rings. The first-order chi connectivity index (χ1) is 6.17. The highest BCUT2D eigenvalue weighted by atomic mass is 28.3. The molecule has 0 aliphatic carbocycles. The second-order valence-corrected chi connectivity index (χ2v) is 8.92. The lowest BCUT2D eigenvalue weighted by molar-refractivity contribution is 0.294. The van der Waals surface area contributed by atoms with Crippen molar-refractivity contribution in [3.05, 3.63) is 30.3 Å². The molecule has 1 aromatic carbocycles. The van der Waals surface area contributed by atoms with Crippen LogP contribution in [-0.2, 0) is 0 Å². The van der Waals surface area contributed by atoms with Crippen LogP contribution >= 0.6 is 0 Å². The van der Waals surface area contributed by atoms with E-state index < -0.39 is 8.07 Å². The molecular weight excluding hydrogens is 176 g/mol. The van der Waals surface area contributed by atoms with Crippen LogP contribution < -0.4 is 5.19 Å². The molecule has 0 spiro atoms. The molecule has 0 radical (unpaired) electrons. The Hall–Kier alpha value is -0.603. The third kappa shape index (κ3) is 2.97. The lowest BCUT2D eigenvalue weighted by atomic mass is 10.4. The molecule has 0 bridgehead atoms. The molecule has 13 heavy (non-hydrogen) atoms. The maximum Gasteiger partial charge on any atom is 0.0807 e. The van der Waals surface area contributed by atoms with E-state index in [2.05, 4.69) is 43.4 Å². The molecule has 0 fully saturated rings. The highest BCUT2D eigenvalue weighted by Gasteiger charge is 2.21. The van der Waals surface area contributed by atoms with Gasteiger partial charge in [0.2, 0.25) is 0 Å². The number of benzene rings is 1. The van der Waals surface area contributed by atoms with Crippen LogP contribution in [0.4, 0.5) is 0 Å². The maximum atomic E-state index is 8.80. The highest BCUT2D eigenvalue weighted by molar-refractivity contribution is 6.89. The predicted octanol–water partition coefficient (Wildman–Crippen LogP) is 1.98. The third-order valence-corrected chi connectivity index (χ3v) is 6.01. The van der Waals surface area contributed by atoms with E-state index in [1.807, 2.05) is 0 Å². The van der Waals surface area contributed by atoms with Crippen molar-refractivity contribution in [1.82, 2.24) is 0 Å². The van der Waals surface area contributed by atoms with E-state index in [1.165, 1.54) is 11.2 Å². The van der Waals surface area contributed by atoms with Crippen molar-refractivity contribution in [3.63, 3.8) is 0 Å². The van der Waals surface area contributed by atoms with Gasteiger partial charge in [-0.05, 0) is 6.42 Å². The van der Waals surface area contributed by atoms with Crippen molar-refractivity contribution in [1.29, 1.82) is 0 Å².